The van der Waals surface area contributed by atoms with E-state index < -0.39 is 11.7 Å². The third kappa shape index (κ3) is 4.56. The van der Waals surface area contributed by atoms with Crippen LogP contribution in [0.25, 0.3) is 0 Å². The topological polar surface area (TPSA) is 58.6 Å². The normalized spacial score (nSPS) is 11.1. The molecule has 1 aromatic rings. The average molecular weight is 255 g/mol. The number of ether oxygens (including phenoxy) is 1. The molecule has 17 heavy (non-hydrogen) atoms. The first-order valence-electron chi connectivity index (χ1n) is 5.24. The Morgan fingerprint density at radius 3 is 2.65 bits per heavy atom. The SMILES string of the molecule is CC(C)(C)OC(=O)Nc1ccc(O)c(CS)c1. The van der Waals surface area contributed by atoms with Gasteiger partial charge in [-0.05, 0) is 39.0 Å². The summed E-state index contributed by atoms with van der Waals surface area (Å²) in [5, 5.41) is 12.1. The standard InChI is InChI=1S/C12H17NO3S/c1-12(2,3)16-11(15)13-9-4-5-10(14)8(6-9)7-17/h4-6,14,17H,7H2,1-3H3,(H,13,15). The number of benzene rings is 1. The number of amides is 1. The van der Waals surface area contributed by atoms with Crippen molar-refractivity contribution in [2.75, 3.05) is 5.32 Å². The molecule has 1 amide bonds. The van der Waals surface area contributed by atoms with Gasteiger partial charge in [0.2, 0.25) is 0 Å². The molecule has 0 saturated carbocycles. The number of carbonyl (C=O) groups excluding carboxylic acids is 1. The Hall–Kier alpha value is -1.36. The van der Waals surface area contributed by atoms with Crippen molar-refractivity contribution in [1.29, 1.82) is 0 Å². The lowest BCUT2D eigenvalue weighted by Gasteiger charge is -2.19. The van der Waals surface area contributed by atoms with E-state index >= 15 is 0 Å². The molecule has 1 aromatic carbocycles. The highest BCUT2D eigenvalue weighted by Crippen LogP contribution is 2.23. The van der Waals surface area contributed by atoms with E-state index in [4.69, 9.17) is 4.74 Å². The van der Waals surface area contributed by atoms with Gasteiger partial charge in [-0.1, -0.05) is 0 Å². The number of anilines is 1. The fraction of sp³-hybridized carbons (Fsp3) is 0.417. The highest BCUT2D eigenvalue weighted by molar-refractivity contribution is 7.79. The first kappa shape index (κ1) is 13.7. The second-order valence-corrected chi connectivity index (χ2v) is 4.94. The summed E-state index contributed by atoms with van der Waals surface area (Å²) in [6, 6.07) is 4.77. The largest absolute Gasteiger partial charge is 0.508 e. The second kappa shape index (κ2) is 5.31. The van der Waals surface area contributed by atoms with Crippen LogP contribution < -0.4 is 5.32 Å². The molecule has 0 bridgehead atoms. The zero-order valence-corrected chi connectivity index (χ0v) is 11.0. The van der Waals surface area contributed by atoms with E-state index in [9.17, 15) is 9.90 Å². The van der Waals surface area contributed by atoms with Crippen molar-refractivity contribution in [1.82, 2.24) is 0 Å². The monoisotopic (exact) mass is 255 g/mol. The van der Waals surface area contributed by atoms with Crippen LogP contribution in [0, 0.1) is 0 Å². The number of rotatable bonds is 2. The van der Waals surface area contributed by atoms with Gasteiger partial charge in [-0.2, -0.15) is 12.6 Å². The van der Waals surface area contributed by atoms with Gasteiger partial charge in [-0.25, -0.2) is 4.79 Å². The number of thiol groups is 1. The van der Waals surface area contributed by atoms with Gasteiger partial charge in [0.25, 0.3) is 0 Å². The molecule has 4 nitrogen and oxygen atoms in total. The first-order valence-corrected chi connectivity index (χ1v) is 5.88. The van der Waals surface area contributed by atoms with Gasteiger partial charge in [0.1, 0.15) is 11.4 Å². The summed E-state index contributed by atoms with van der Waals surface area (Å²) in [4.78, 5) is 11.5. The number of hydrogen-bond donors (Lipinski definition) is 3. The molecule has 0 unspecified atom stereocenters. The van der Waals surface area contributed by atoms with Crippen molar-refractivity contribution in [3.05, 3.63) is 23.8 Å². The lowest BCUT2D eigenvalue weighted by molar-refractivity contribution is 0.0636. The number of phenolic OH excluding ortho intramolecular Hbond substituents is 1. The average Bonchev–Trinajstić information content (AvgIpc) is 2.18. The number of carbonyl (C=O) groups is 1. The summed E-state index contributed by atoms with van der Waals surface area (Å²) in [6.07, 6.45) is -0.520. The molecule has 94 valence electrons. The summed E-state index contributed by atoms with van der Waals surface area (Å²) < 4.78 is 5.11. The van der Waals surface area contributed by atoms with Crippen LogP contribution in [0.5, 0.6) is 5.75 Å². The zero-order valence-electron chi connectivity index (χ0n) is 10.2. The first-order chi connectivity index (χ1) is 7.81. The quantitative estimate of drug-likeness (QED) is 0.562. The summed E-state index contributed by atoms with van der Waals surface area (Å²) in [5.41, 5.74) is 0.691. The summed E-state index contributed by atoms with van der Waals surface area (Å²) in [6.45, 7) is 5.38. The van der Waals surface area contributed by atoms with Crippen LogP contribution in [-0.4, -0.2) is 16.8 Å². The smallest absolute Gasteiger partial charge is 0.412 e. The Balaban J connectivity index is 2.72. The molecule has 0 saturated heterocycles. The van der Waals surface area contributed by atoms with E-state index in [0.717, 1.165) is 0 Å². The minimum Gasteiger partial charge on any atom is -0.508 e. The van der Waals surface area contributed by atoms with E-state index in [0.29, 0.717) is 17.0 Å². The molecule has 0 radical (unpaired) electrons. The third-order valence-electron chi connectivity index (χ3n) is 1.90. The summed E-state index contributed by atoms with van der Waals surface area (Å²) in [5.74, 6) is 0.560. The molecule has 2 N–H and O–H groups in total. The van der Waals surface area contributed by atoms with E-state index in [1.165, 1.54) is 6.07 Å². The van der Waals surface area contributed by atoms with E-state index in [1.54, 1.807) is 32.9 Å². The Bertz CT molecular complexity index is 413. The molecule has 1 rings (SSSR count). The van der Waals surface area contributed by atoms with Crippen molar-refractivity contribution in [3.8, 4) is 5.75 Å². The molecular weight excluding hydrogens is 238 g/mol. The predicted octanol–water partition coefficient (Wildman–Crippen LogP) is 3.17. The lowest BCUT2D eigenvalue weighted by Crippen LogP contribution is -2.27. The second-order valence-electron chi connectivity index (χ2n) is 4.63. The third-order valence-corrected chi connectivity index (χ3v) is 2.24. The molecule has 0 heterocycles. The molecule has 0 aliphatic rings. The fourth-order valence-electron chi connectivity index (χ4n) is 1.21. The summed E-state index contributed by atoms with van der Waals surface area (Å²) >= 11 is 4.08. The van der Waals surface area contributed by atoms with Crippen molar-refractivity contribution >= 4 is 24.4 Å². The van der Waals surface area contributed by atoms with E-state index in [-0.39, 0.29) is 5.75 Å². The minimum absolute atomic E-state index is 0.162. The zero-order chi connectivity index (χ0) is 13.1. The van der Waals surface area contributed by atoms with Crippen molar-refractivity contribution in [2.45, 2.75) is 32.1 Å². The van der Waals surface area contributed by atoms with Crippen molar-refractivity contribution in [2.24, 2.45) is 0 Å². The van der Waals surface area contributed by atoms with Crippen LogP contribution in [0.4, 0.5) is 10.5 Å². The van der Waals surface area contributed by atoms with Gasteiger partial charge in [0.15, 0.2) is 0 Å². The Labute approximate surface area is 106 Å². The molecule has 0 fully saturated rings. The molecule has 0 atom stereocenters. The van der Waals surface area contributed by atoms with Crippen LogP contribution in [0.15, 0.2) is 18.2 Å². The number of aromatic hydroxyl groups is 1. The van der Waals surface area contributed by atoms with Crippen molar-refractivity contribution < 1.29 is 14.6 Å². The van der Waals surface area contributed by atoms with Crippen LogP contribution >= 0.6 is 12.6 Å². The van der Waals surface area contributed by atoms with Crippen LogP contribution in [0.2, 0.25) is 0 Å². The van der Waals surface area contributed by atoms with Gasteiger partial charge in [-0.3, -0.25) is 5.32 Å². The Morgan fingerprint density at radius 2 is 2.12 bits per heavy atom. The van der Waals surface area contributed by atoms with Gasteiger partial charge >= 0.3 is 6.09 Å². The maximum absolute atomic E-state index is 11.5. The van der Waals surface area contributed by atoms with Crippen molar-refractivity contribution in [3.63, 3.8) is 0 Å². The van der Waals surface area contributed by atoms with Gasteiger partial charge in [-0.15, -0.1) is 0 Å². The molecule has 5 heteroatoms. The highest BCUT2D eigenvalue weighted by Gasteiger charge is 2.16. The number of phenols is 1. The molecule has 0 aliphatic heterocycles. The Kier molecular flexibility index (Phi) is 4.28. The van der Waals surface area contributed by atoms with Gasteiger partial charge < -0.3 is 9.84 Å². The van der Waals surface area contributed by atoms with Crippen LogP contribution in [0.1, 0.15) is 26.3 Å². The molecule has 0 spiro atoms. The Morgan fingerprint density at radius 1 is 1.47 bits per heavy atom. The lowest BCUT2D eigenvalue weighted by atomic mass is 10.2. The van der Waals surface area contributed by atoms with Gasteiger partial charge in [0.05, 0.1) is 0 Å². The fourth-order valence-corrected chi connectivity index (χ4v) is 1.46. The molecular formula is C12H17NO3S. The van der Waals surface area contributed by atoms with Gasteiger partial charge in [0, 0.05) is 17.0 Å². The highest BCUT2D eigenvalue weighted by atomic mass is 32.1. The summed E-state index contributed by atoms with van der Waals surface area (Å²) in [7, 11) is 0. The van der Waals surface area contributed by atoms with E-state index in [1.807, 2.05) is 0 Å². The van der Waals surface area contributed by atoms with Crippen LogP contribution in [-0.2, 0) is 10.5 Å². The van der Waals surface area contributed by atoms with E-state index in [2.05, 4.69) is 17.9 Å². The number of hydrogen-bond acceptors (Lipinski definition) is 4. The molecule has 0 aliphatic carbocycles. The number of nitrogens with one attached hydrogen (secondary N) is 1. The predicted molar refractivity (Wildman–Crippen MR) is 70.7 cm³/mol. The maximum atomic E-state index is 11.5. The van der Waals surface area contributed by atoms with Crippen LogP contribution in [0.3, 0.4) is 0 Å². The molecule has 0 aromatic heterocycles. The maximum Gasteiger partial charge on any atom is 0.412 e. The minimum atomic E-state index is -0.534.